The zero-order valence-corrected chi connectivity index (χ0v) is 18.4. The maximum absolute atomic E-state index is 13.2. The van der Waals surface area contributed by atoms with E-state index in [0.29, 0.717) is 23.2 Å². The Morgan fingerprint density at radius 2 is 2.10 bits per heavy atom. The van der Waals surface area contributed by atoms with Crippen molar-refractivity contribution in [1.82, 2.24) is 14.8 Å². The van der Waals surface area contributed by atoms with Crippen LogP contribution in [0.15, 0.2) is 47.6 Å². The van der Waals surface area contributed by atoms with Crippen LogP contribution >= 0.6 is 23.4 Å². The fourth-order valence-electron chi connectivity index (χ4n) is 2.85. The van der Waals surface area contributed by atoms with E-state index in [1.807, 2.05) is 49.6 Å². The van der Waals surface area contributed by atoms with Crippen LogP contribution < -0.4 is 10.1 Å². The van der Waals surface area contributed by atoms with E-state index < -0.39 is 5.82 Å². The lowest BCUT2D eigenvalue weighted by molar-refractivity contribution is -0.113. The van der Waals surface area contributed by atoms with Crippen LogP contribution in [0.25, 0.3) is 0 Å². The molecule has 2 aromatic carbocycles. The summed E-state index contributed by atoms with van der Waals surface area (Å²) in [6.45, 7) is 6.54. The van der Waals surface area contributed by atoms with Gasteiger partial charge in [0.2, 0.25) is 5.91 Å². The van der Waals surface area contributed by atoms with Crippen molar-refractivity contribution in [1.29, 1.82) is 0 Å². The van der Waals surface area contributed by atoms with Gasteiger partial charge in [-0.3, -0.25) is 4.79 Å². The van der Waals surface area contributed by atoms with Crippen LogP contribution in [0.2, 0.25) is 5.02 Å². The number of hydrogen-bond acceptors (Lipinski definition) is 5. The fourth-order valence-corrected chi connectivity index (χ4v) is 3.84. The van der Waals surface area contributed by atoms with Crippen molar-refractivity contribution in [3.63, 3.8) is 0 Å². The Morgan fingerprint density at radius 3 is 2.80 bits per heavy atom. The molecule has 0 aliphatic rings. The number of carbonyl (C=O) groups excluding carboxylic acids is 1. The molecule has 6 nitrogen and oxygen atoms in total. The second-order valence-electron chi connectivity index (χ2n) is 6.63. The Bertz CT molecular complexity index is 1040. The Labute approximate surface area is 183 Å². The summed E-state index contributed by atoms with van der Waals surface area (Å²) in [6, 6.07) is 11.8. The molecule has 0 saturated carbocycles. The van der Waals surface area contributed by atoms with Gasteiger partial charge in [0.05, 0.1) is 10.8 Å². The van der Waals surface area contributed by atoms with Gasteiger partial charge in [0, 0.05) is 12.2 Å². The number of aromatic nitrogens is 3. The fraction of sp³-hybridized carbons (Fsp3) is 0.286. The van der Waals surface area contributed by atoms with Crippen LogP contribution in [0, 0.1) is 12.7 Å². The standard InChI is InChI=1S/C21H22ClFN4O2S/c1-4-27-20(14(3)29-16-7-5-6-13(2)10-16)25-26-21(27)30-12-19(28)24-15-8-9-18(23)17(22)11-15/h5-11,14H,4,12H2,1-3H3,(H,24,28). The molecule has 30 heavy (non-hydrogen) atoms. The van der Waals surface area contributed by atoms with Crippen LogP contribution in [0.5, 0.6) is 5.75 Å². The molecule has 0 saturated heterocycles. The lowest BCUT2D eigenvalue weighted by Gasteiger charge is -2.16. The molecule has 1 amide bonds. The van der Waals surface area contributed by atoms with Gasteiger partial charge in [-0.1, -0.05) is 35.5 Å². The second-order valence-corrected chi connectivity index (χ2v) is 7.98. The third-order valence-corrected chi connectivity index (χ3v) is 5.52. The minimum atomic E-state index is -0.533. The first-order valence-corrected chi connectivity index (χ1v) is 10.8. The van der Waals surface area contributed by atoms with Gasteiger partial charge in [-0.2, -0.15) is 0 Å². The van der Waals surface area contributed by atoms with Crippen molar-refractivity contribution in [3.05, 3.63) is 64.7 Å². The number of anilines is 1. The van der Waals surface area contributed by atoms with Crippen LogP contribution in [0.1, 0.15) is 31.3 Å². The quantitative estimate of drug-likeness (QED) is 0.475. The summed E-state index contributed by atoms with van der Waals surface area (Å²) in [5, 5.41) is 11.8. The number of hydrogen-bond donors (Lipinski definition) is 1. The highest BCUT2D eigenvalue weighted by molar-refractivity contribution is 7.99. The van der Waals surface area contributed by atoms with Gasteiger partial charge in [0.1, 0.15) is 11.6 Å². The SMILES string of the molecule is CCn1c(SCC(=O)Nc2ccc(F)c(Cl)c2)nnc1C(C)Oc1cccc(C)c1. The molecule has 9 heteroatoms. The van der Waals surface area contributed by atoms with E-state index in [2.05, 4.69) is 15.5 Å². The molecule has 1 atom stereocenters. The molecule has 1 unspecified atom stereocenters. The summed E-state index contributed by atoms with van der Waals surface area (Å²) in [5.74, 6) is 0.792. The zero-order chi connectivity index (χ0) is 21.7. The Hall–Kier alpha value is -2.58. The molecule has 0 bridgehead atoms. The number of benzene rings is 2. The maximum atomic E-state index is 13.2. The van der Waals surface area contributed by atoms with Crippen LogP contribution in [-0.4, -0.2) is 26.4 Å². The average molecular weight is 449 g/mol. The van der Waals surface area contributed by atoms with E-state index in [0.717, 1.165) is 11.3 Å². The Kier molecular flexibility index (Phi) is 7.33. The molecule has 0 aliphatic heterocycles. The highest BCUT2D eigenvalue weighted by Crippen LogP contribution is 2.25. The first-order valence-electron chi connectivity index (χ1n) is 9.41. The van der Waals surface area contributed by atoms with E-state index in [4.69, 9.17) is 16.3 Å². The first-order chi connectivity index (χ1) is 14.4. The smallest absolute Gasteiger partial charge is 0.234 e. The molecule has 0 aliphatic carbocycles. The number of nitrogens with zero attached hydrogens (tertiary/aromatic N) is 3. The summed E-state index contributed by atoms with van der Waals surface area (Å²) in [5.41, 5.74) is 1.55. The lowest BCUT2D eigenvalue weighted by atomic mass is 10.2. The van der Waals surface area contributed by atoms with Crippen LogP contribution in [0.3, 0.4) is 0 Å². The Morgan fingerprint density at radius 1 is 1.30 bits per heavy atom. The normalized spacial score (nSPS) is 11.9. The molecule has 0 radical (unpaired) electrons. The van der Waals surface area contributed by atoms with E-state index in [-0.39, 0.29) is 22.8 Å². The van der Waals surface area contributed by atoms with Crippen molar-refractivity contribution >= 4 is 35.0 Å². The molecule has 0 fully saturated rings. The zero-order valence-electron chi connectivity index (χ0n) is 16.9. The molecule has 3 aromatic rings. The third-order valence-electron chi connectivity index (χ3n) is 4.26. The maximum Gasteiger partial charge on any atom is 0.234 e. The number of nitrogens with one attached hydrogen (secondary N) is 1. The molecular weight excluding hydrogens is 427 g/mol. The lowest BCUT2D eigenvalue weighted by Crippen LogP contribution is -2.15. The highest BCUT2D eigenvalue weighted by atomic mass is 35.5. The number of amides is 1. The number of carbonyl (C=O) groups is 1. The summed E-state index contributed by atoms with van der Waals surface area (Å²) in [4.78, 5) is 12.2. The van der Waals surface area contributed by atoms with E-state index in [1.54, 1.807) is 0 Å². The van der Waals surface area contributed by atoms with Gasteiger partial charge in [-0.15, -0.1) is 10.2 Å². The Balaban J connectivity index is 1.63. The van der Waals surface area contributed by atoms with Gasteiger partial charge >= 0.3 is 0 Å². The number of halogens is 2. The van der Waals surface area contributed by atoms with Gasteiger partial charge in [-0.05, 0) is 56.7 Å². The van der Waals surface area contributed by atoms with Crippen molar-refractivity contribution in [2.75, 3.05) is 11.1 Å². The summed E-state index contributed by atoms with van der Waals surface area (Å²) >= 11 is 7.01. The molecular formula is C21H22ClFN4O2S. The second kappa shape index (κ2) is 9.95. The molecule has 1 N–H and O–H groups in total. The predicted molar refractivity (Wildman–Crippen MR) is 117 cm³/mol. The molecule has 0 spiro atoms. The molecule has 158 valence electrons. The van der Waals surface area contributed by atoms with E-state index >= 15 is 0 Å². The van der Waals surface area contributed by atoms with Gasteiger partial charge in [0.15, 0.2) is 17.1 Å². The number of rotatable bonds is 8. The first kappa shape index (κ1) is 22.1. The van der Waals surface area contributed by atoms with Crippen molar-refractivity contribution in [3.8, 4) is 5.75 Å². The summed E-state index contributed by atoms with van der Waals surface area (Å²) < 4.78 is 21.2. The van der Waals surface area contributed by atoms with Crippen LogP contribution in [-0.2, 0) is 11.3 Å². The van der Waals surface area contributed by atoms with Gasteiger partial charge < -0.3 is 14.6 Å². The third kappa shape index (κ3) is 5.52. The molecule has 3 rings (SSSR count). The molecule has 1 heterocycles. The largest absolute Gasteiger partial charge is 0.483 e. The number of ether oxygens (including phenoxy) is 1. The van der Waals surface area contributed by atoms with Crippen molar-refractivity contribution in [2.45, 2.75) is 38.6 Å². The van der Waals surface area contributed by atoms with E-state index in [1.165, 1.54) is 30.0 Å². The minimum absolute atomic E-state index is 0.0431. The van der Waals surface area contributed by atoms with Gasteiger partial charge in [-0.25, -0.2) is 4.39 Å². The van der Waals surface area contributed by atoms with Crippen LogP contribution in [0.4, 0.5) is 10.1 Å². The van der Waals surface area contributed by atoms with Crippen molar-refractivity contribution in [2.24, 2.45) is 0 Å². The number of thioether (sulfide) groups is 1. The number of aryl methyl sites for hydroxylation is 1. The van der Waals surface area contributed by atoms with Gasteiger partial charge in [0.25, 0.3) is 0 Å². The summed E-state index contributed by atoms with van der Waals surface area (Å²) in [6.07, 6.45) is -0.302. The summed E-state index contributed by atoms with van der Waals surface area (Å²) in [7, 11) is 0. The monoisotopic (exact) mass is 448 g/mol. The topological polar surface area (TPSA) is 69.0 Å². The van der Waals surface area contributed by atoms with E-state index in [9.17, 15) is 9.18 Å². The van der Waals surface area contributed by atoms with Crippen molar-refractivity contribution < 1.29 is 13.9 Å². The average Bonchev–Trinajstić information content (AvgIpc) is 3.12. The minimum Gasteiger partial charge on any atom is -0.483 e. The molecule has 1 aromatic heterocycles. The predicted octanol–water partition coefficient (Wildman–Crippen LogP) is 5.27. The highest BCUT2D eigenvalue weighted by Gasteiger charge is 2.19.